The molecule has 1 aromatic rings. The van der Waals surface area contributed by atoms with Gasteiger partial charge in [-0.1, -0.05) is 19.1 Å². The molecule has 2 aliphatic rings. The zero-order valence-electron chi connectivity index (χ0n) is 16.2. The lowest BCUT2D eigenvalue weighted by Crippen LogP contribution is -2.52. The fourth-order valence-electron chi connectivity index (χ4n) is 3.63. The van der Waals surface area contributed by atoms with Gasteiger partial charge in [0.1, 0.15) is 6.17 Å². The fourth-order valence-corrected chi connectivity index (χ4v) is 4.63. The molecule has 0 saturated carbocycles. The van der Waals surface area contributed by atoms with E-state index in [-0.39, 0.29) is 6.17 Å². The summed E-state index contributed by atoms with van der Waals surface area (Å²) in [5.41, 5.74) is 2.76. The van der Waals surface area contributed by atoms with E-state index in [0.717, 1.165) is 35.0 Å². The lowest BCUT2D eigenvalue weighted by molar-refractivity contribution is -0.132. The van der Waals surface area contributed by atoms with Crippen LogP contribution in [0, 0.1) is 11.3 Å². The van der Waals surface area contributed by atoms with Crippen molar-refractivity contribution in [2.75, 3.05) is 32.1 Å². The van der Waals surface area contributed by atoms with Crippen LogP contribution < -0.4 is 0 Å². The molecule has 0 spiro atoms. The number of nitriles is 1. The number of ether oxygens (including phenoxy) is 1. The minimum Gasteiger partial charge on any atom is -0.478 e. The lowest BCUT2D eigenvalue weighted by atomic mass is 10.0. The highest BCUT2D eigenvalue weighted by atomic mass is 32.2. The normalized spacial score (nSPS) is 20.7. The summed E-state index contributed by atoms with van der Waals surface area (Å²) in [6.45, 7) is 7.40. The van der Waals surface area contributed by atoms with Crippen molar-refractivity contribution in [3.63, 3.8) is 0 Å². The third-order valence-electron chi connectivity index (χ3n) is 4.91. The van der Waals surface area contributed by atoms with Crippen LogP contribution in [-0.4, -0.2) is 59.1 Å². The van der Waals surface area contributed by atoms with Gasteiger partial charge in [-0.3, -0.25) is 4.90 Å². The number of rotatable bonds is 6. The maximum Gasteiger partial charge on any atom is 0.338 e. The van der Waals surface area contributed by atoms with Crippen LogP contribution in [0.5, 0.6) is 0 Å². The van der Waals surface area contributed by atoms with Gasteiger partial charge in [-0.05, 0) is 42.0 Å². The fraction of sp³-hybridized carbons (Fsp3) is 0.429. The van der Waals surface area contributed by atoms with Crippen LogP contribution >= 0.6 is 11.8 Å². The number of carbonyl (C=O) groups is 1. The zero-order chi connectivity index (χ0) is 20.1. The summed E-state index contributed by atoms with van der Waals surface area (Å²) in [7, 11) is 0. The van der Waals surface area contributed by atoms with Crippen molar-refractivity contribution in [3.8, 4) is 6.07 Å². The Hall–Kier alpha value is -2.27. The number of nitrogens with zero attached hydrogens (tertiary/aromatic N) is 3. The molecule has 6 nitrogen and oxygen atoms in total. The van der Waals surface area contributed by atoms with Gasteiger partial charge in [0, 0.05) is 19.6 Å². The molecule has 2 heterocycles. The van der Waals surface area contributed by atoms with Gasteiger partial charge < -0.3 is 14.7 Å². The second-order valence-electron chi connectivity index (χ2n) is 6.77. The average Bonchev–Trinajstić information content (AvgIpc) is 2.70. The smallest absolute Gasteiger partial charge is 0.338 e. The van der Waals surface area contributed by atoms with Gasteiger partial charge >= 0.3 is 5.97 Å². The van der Waals surface area contributed by atoms with Crippen molar-refractivity contribution in [2.45, 2.75) is 26.6 Å². The number of carboxylic acid groups (broad SMARTS) is 1. The molecule has 1 saturated heterocycles. The van der Waals surface area contributed by atoms with Crippen molar-refractivity contribution in [1.82, 2.24) is 9.80 Å². The number of morpholine rings is 1. The quantitative estimate of drug-likeness (QED) is 0.788. The molecule has 1 atom stereocenters. The first-order valence-corrected chi connectivity index (χ1v) is 10.4. The largest absolute Gasteiger partial charge is 0.478 e. The molecule has 7 heteroatoms. The third-order valence-corrected chi connectivity index (χ3v) is 5.91. The molecular formula is C21H25N3O3S. The predicted molar refractivity (Wildman–Crippen MR) is 109 cm³/mol. The van der Waals surface area contributed by atoms with Crippen LogP contribution in [-0.2, 0) is 16.1 Å². The van der Waals surface area contributed by atoms with Gasteiger partial charge in [0.15, 0.2) is 0 Å². The van der Waals surface area contributed by atoms with E-state index in [4.69, 9.17) is 4.74 Å². The highest BCUT2D eigenvalue weighted by Crippen LogP contribution is 2.37. The second kappa shape index (κ2) is 9.28. The Labute approximate surface area is 170 Å². The van der Waals surface area contributed by atoms with Crippen molar-refractivity contribution >= 4 is 17.7 Å². The maximum absolute atomic E-state index is 12.0. The molecule has 1 fully saturated rings. The molecule has 0 aliphatic carbocycles. The molecule has 0 aromatic heterocycles. The first kappa shape index (κ1) is 20.5. The summed E-state index contributed by atoms with van der Waals surface area (Å²) >= 11 is 1.56. The van der Waals surface area contributed by atoms with Crippen LogP contribution in [0.25, 0.3) is 0 Å². The maximum atomic E-state index is 12.0. The first-order chi connectivity index (χ1) is 13.5. The molecule has 3 rings (SSSR count). The SMILES string of the molecule is CCSC1=C(C(=O)O)C(C)=CC(N2CCOCC2)N1Cc1cccc(C#N)c1. The zero-order valence-corrected chi connectivity index (χ0v) is 17.0. The van der Waals surface area contributed by atoms with Crippen molar-refractivity contribution in [3.05, 3.63) is 57.6 Å². The molecule has 0 amide bonds. The second-order valence-corrected chi connectivity index (χ2v) is 8.02. The first-order valence-electron chi connectivity index (χ1n) is 9.41. The number of carboxylic acids is 1. The summed E-state index contributed by atoms with van der Waals surface area (Å²) in [6, 6.07) is 9.69. The van der Waals surface area contributed by atoms with E-state index in [1.165, 1.54) is 0 Å². The van der Waals surface area contributed by atoms with Gasteiger partial charge in [-0.2, -0.15) is 5.26 Å². The predicted octanol–water partition coefficient (Wildman–Crippen LogP) is 3.03. The Morgan fingerprint density at radius 1 is 1.39 bits per heavy atom. The van der Waals surface area contributed by atoms with E-state index in [9.17, 15) is 15.2 Å². The van der Waals surface area contributed by atoms with E-state index in [0.29, 0.717) is 30.9 Å². The summed E-state index contributed by atoms with van der Waals surface area (Å²) in [5.74, 6) is -0.120. The minimum atomic E-state index is -0.902. The Morgan fingerprint density at radius 3 is 2.79 bits per heavy atom. The molecule has 1 N–H and O–H groups in total. The highest BCUT2D eigenvalue weighted by Gasteiger charge is 2.34. The number of aliphatic carboxylic acids is 1. The van der Waals surface area contributed by atoms with E-state index >= 15 is 0 Å². The molecule has 1 aromatic carbocycles. The number of thioether (sulfide) groups is 1. The number of hydrogen-bond donors (Lipinski definition) is 1. The van der Waals surface area contributed by atoms with Crippen molar-refractivity contribution in [2.24, 2.45) is 0 Å². The number of benzene rings is 1. The van der Waals surface area contributed by atoms with Gasteiger partial charge in [-0.25, -0.2) is 4.79 Å². The summed E-state index contributed by atoms with van der Waals surface area (Å²) in [4.78, 5) is 16.5. The van der Waals surface area contributed by atoms with E-state index < -0.39 is 5.97 Å². The van der Waals surface area contributed by atoms with E-state index in [1.807, 2.05) is 38.1 Å². The summed E-state index contributed by atoms with van der Waals surface area (Å²) in [5, 5.41) is 19.9. The standard InChI is InChI=1S/C21H25N3O3S/c1-3-28-20-19(21(25)26)15(2)11-18(23-7-9-27-10-8-23)24(20)14-17-6-4-5-16(12-17)13-22/h4-6,11-12,18H,3,7-10,14H2,1-2H3,(H,25,26). The third kappa shape index (κ3) is 4.41. The van der Waals surface area contributed by atoms with Crippen molar-refractivity contribution in [1.29, 1.82) is 5.26 Å². The molecule has 0 radical (unpaired) electrons. The topological polar surface area (TPSA) is 76.8 Å². The van der Waals surface area contributed by atoms with Crippen LogP contribution in [0.15, 0.2) is 46.5 Å². The summed E-state index contributed by atoms with van der Waals surface area (Å²) in [6.07, 6.45) is 2.01. The Balaban J connectivity index is 2.03. The van der Waals surface area contributed by atoms with Crippen molar-refractivity contribution < 1.29 is 14.6 Å². The Kier molecular flexibility index (Phi) is 6.79. The van der Waals surface area contributed by atoms with Crippen LogP contribution in [0.3, 0.4) is 0 Å². The van der Waals surface area contributed by atoms with Gasteiger partial charge in [0.05, 0.1) is 35.4 Å². The van der Waals surface area contributed by atoms with Crippen LogP contribution in [0.4, 0.5) is 0 Å². The van der Waals surface area contributed by atoms with E-state index in [2.05, 4.69) is 15.9 Å². The highest BCUT2D eigenvalue weighted by molar-refractivity contribution is 8.03. The Morgan fingerprint density at radius 2 is 2.14 bits per heavy atom. The Bertz CT molecular complexity index is 838. The molecular weight excluding hydrogens is 374 g/mol. The lowest BCUT2D eigenvalue weighted by Gasteiger charge is -2.44. The molecule has 0 bridgehead atoms. The number of hydrogen-bond acceptors (Lipinski definition) is 6. The van der Waals surface area contributed by atoms with Crippen LogP contribution in [0.2, 0.25) is 0 Å². The molecule has 28 heavy (non-hydrogen) atoms. The van der Waals surface area contributed by atoms with Gasteiger partial charge in [0.2, 0.25) is 0 Å². The molecule has 148 valence electrons. The monoisotopic (exact) mass is 399 g/mol. The summed E-state index contributed by atoms with van der Waals surface area (Å²) < 4.78 is 5.51. The minimum absolute atomic E-state index is 0.0354. The van der Waals surface area contributed by atoms with Crippen LogP contribution in [0.1, 0.15) is 25.0 Å². The molecule has 1 unspecified atom stereocenters. The van der Waals surface area contributed by atoms with E-state index in [1.54, 1.807) is 17.8 Å². The average molecular weight is 400 g/mol. The van der Waals surface area contributed by atoms with Gasteiger partial charge in [-0.15, -0.1) is 11.8 Å². The molecule has 2 aliphatic heterocycles. The van der Waals surface area contributed by atoms with Gasteiger partial charge in [0.25, 0.3) is 0 Å².